The normalized spacial score (nSPS) is 10.3. The number of benzene rings is 2. The van der Waals surface area contributed by atoms with Crippen LogP contribution >= 0.6 is 0 Å². The van der Waals surface area contributed by atoms with E-state index in [1.807, 2.05) is 0 Å². The quantitative estimate of drug-likeness (QED) is 0.581. The zero-order valence-corrected chi connectivity index (χ0v) is 17.2. The smallest absolute Gasteiger partial charge is 0.337 e. The van der Waals surface area contributed by atoms with Crippen molar-refractivity contribution in [3.05, 3.63) is 70.5 Å². The molecule has 0 saturated heterocycles. The van der Waals surface area contributed by atoms with Gasteiger partial charge in [0.1, 0.15) is 18.0 Å². The van der Waals surface area contributed by atoms with E-state index in [1.54, 1.807) is 43.5 Å². The van der Waals surface area contributed by atoms with Crippen LogP contribution in [0.25, 0.3) is 11.3 Å². The molecule has 0 saturated carbocycles. The maximum Gasteiger partial charge on any atom is 0.337 e. The van der Waals surface area contributed by atoms with Gasteiger partial charge in [0.05, 0.1) is 32.6 Å². The van der Waals surface area contributed by atoms with E-state index >= 15 is 0 Å². The number of hydrogen-bond acceptors (Lipinski definition) is 7. The molecule has 0 fully saturated rings. The molecular weight excluding hydrogens is 402 g/mol. The van der Waals surface area contributed by atoms with E-state index in [9.17, 15) is 14.4 Å². The lowest BCUT2D eigenvalue weighted by Gasteiger charge is -2.12. The largest absolute Gasteiger partial charge is 0.497 e. The average molecular weight is 423 g/mol. The highest BCUT2D eigenvalue weighted by molar-refractivity contribution is 5.92. The molecular formula is C22H21N3O6. The van der Waals surface area contributed by atoms with Gasteiger partial charge in [-0.2, -0.15) is 5.10 Å². The molecule has 0 aliphatic heterocycles. The van der Waals surface area contributed by atoms with Crippen LogP contribution < -0.4 is 20.3 Å². The van der Waals surface area contributed by atoms with Crippen LogP contribution in [-0.4, -0.2) is 43.0 Å². The maximum absolute atomic E-state index is 12.4. The molecule has 9 nitrogen and oxygen atoms in total. The van der Waals surface area contributed by atoms with Crippen LogP contribution in [0.4, 0.5) is 5.69 Å². The van der Waals surface area contributed by atoms with E-state index in [0.29, 0.717) is 34.0 Å². The predicted molar refractivity (Wildman–Crippen MR) is 113 cm³/mol. The fourth-order valence-corrected chi connectivity index (χ4v) is 2.86. The van der Waals surface area contributed by atoms with E-state index in [-0.39, 0.29) is 6.54 Å². The number of carbonyl (C=O) groups excluding carboxylic acids is 2. The van der Waals surface area contributed by atoms with Crippen molar-refractivity contribution in [1.29, 1.82) is 0 Å². The number of hydrogen-bond donors (Lipinski definition) is 1. The molecule has 160 valence electrons. The molecule has 1 N–H and O–H groups in total. The van der Waals surface area contributed by atoms with Crippen molar-refractivity contribution in [3.8, 4) is 22.8 Å². The van der Waals surface area contributed by atoms with E-state index in [4.69, 9.17) is 9.47 Å². The summed E-state index contributed by atoms with van der Waals surface area (Å²) in [6, 6.07) is 14.3. The summed E-state index contributed by atoms with van der Waals surface area (Å²) in [6.45, 7) is -0.288. The molecule has 0 aliphatic rings. The van der Waals surface area contributed by atoms with Crippen molar-refractivity contribution in [2.75, 3.05) is 26.6 Å². The summed E-state index contributed by atoms with van der Waals surface area (Å²) < 4.78 is 16.3. The first-order valence-electron chi connectivity index (χ1n) is 9.24. The van der Waals surface area contributed by atoms with E-state index in [0.717, 1.165) is 4.68 Å². The topological polar surface area (TPSA) is 109 Å². The Labute approximate surface area is 178 Å². The number of anilines is 1. The summed E-state index contributed by atoms with van der Waals surface area (Å²) in [5.74, 6) is 0.220. The van der Waals surface area contributed by atoms with Crippen LogP contribution in [0.3, 0.4) is 0 Å². The van der Waals surface area contributed by atoms with Gasteiger partial charge in [0.25, 0.3) is 5.56 Å². The predicted octanol–water partition coefficient (Wildman–Crippen LogP) is 2.35. The van der Waals surface area contributed by atoms with Gasteiger partial charge in [0.15, 0.2) is 0 Å². The fraction of sp³-hybridized carbons (Fsp3) is 0.182. The first kappa shape index (κ1) is 21.6. The van der Waals surface area contributed by atoms with Crippen molar-refractivity contribution >= 4 is 17.6 Å². The number of carbonyl (C=O) groups is 2. The lowest BCUT2D eigenvalue weighted by molar-refractivity contribution is -0.117. The van der Waals surface area contributed by atoms with Crippen molar-refractivity contribution in [2.45, 2.75) is 6.54 Å². The highest BCUT2D eigenvalue weighted by Crippen LogP contribution is 2.31. The second-order valence-electron chi connectivity index (χ2n) is 6.40. The zero-order chi connectivity index (χ0) is 22.4. The Balaban J connectivity index is 1.79. The van der Waals surface area contributed by atoms with Crippen LogP contribution in [0.15, 0.2) is 59.4 Å². The molecule has 0 unspecified atom stereocenters. The number of nitrogens with zero attached hydrogens (tertiary/aromatic N) is 2. The lowest BCUT2D eigenvalue weighted by Crippen LogP contribution is -2.29. The monoisotopic (exact) mass is 423 g/mol. The number of nitrogens with one attached hydrogen (secondary N) is 1. The molecule has 0 atom stereocenters. The molecule has 2 aromatic carbocycles. The number of ether oxygens (including phenoxy) is 3. The minimum Gasteiger partial charge on any atom is -0.497 e. The summed E-state index contributed by atoms with van der Waals surface area (Å²) in [5.41, 5.74) is 1.52. The van der Waals surface area contributed by atoms with Gasteiger partial charge >= 0.3 is 5.97 Å². The molecule has 0 spiro atoms. The maximum atomic E-state index is 12.4. The van der Waals surface area contributed by atoms with Gasteiger partial charge in [-0.1, -0.05) is 0 Å². The molecule has 1 heterocycles. The molecule has 31 heavy (non-hydrogen) atoms. The van der Waals surface area contributed by atoms with E-state index in [1.165, 1.54) is 32.4 Å². The molecule has 0 aliphatic carbocycles. The number of aromatic nitrogens is 2. The van der Waals surface area contributed by atoms with Gasteiger partial charge in [-0.25, -0.2) is 9.48 Å². The third-order valence-electron chi connectivity index (χ3n) is 4.43. The Morgan fingerprint density at radius 2 is 1.71 bits per heavy atom. The van der Waals surface area contributed by atoms with Crippen molar-refractivity contribution < 1.29 is 23.8 Å². The molecule has 1 aromatic heterocycles. The van der Waals surface area contributed by atoms with Gasteiger partial charge in [-0.05, 0) is 42.5 Å². The van der Waals surface area contributed by atoms with Crippen LogP contribution in [0.2, 0.25) is 0 Å². The highest BCUT2D eigenvalue weighted by atomic mass is 16.5. The second-order valence-corrected chi connectivity index (χ2v) is 6.40. The third kappa shape index (κ3) is 5.08. The number of esters is 1. The van der Waals surface area contributed by atoms with Gasteiger partial charge in [0, 0.05) is 23.4 Å². The van der Waals surface area contributed by atoms with E-state index < -0.39 is 17.4 Å². The first-order chi connectivity index (χ1) is 14.9. The minimum atomic E-state index is -0.473. The SMILES string of the molecule is COC(=O)c1ccc(NC(=O)Cn2nc(-c3ccc(OC)cc3OC)ccc2=O)cc1. The summed E-state index contributed by atoms with van der Waals surface area (Å²) in [7, 11) is 4.36. The van der Waals surface area contributed by atoms with Crippen molar-refractivity contribution in [3.63, 3.8) is 0 Å². The molecule has 9 heteroatoms. The minimum absolute atomic E-state index is 0.288. The number of amides is 1. The second kappa shape index (κ2) is 9.57. The Morgan fingerprint density at radius 1 is 0.968 bits per heavy atom. The summed E-state index contributed by atoms with van der Waals surface area (Å²) >= 11 is 0. The fourth-order valence-electron chi connectivity index (χ4n) is 2.86. The summed E-state index contributed by atoms with van der Waals surface area (Å²) in [5, 5.41) is 6.96. The van der Waals surface area contributed by atoms with Crippen molar-refractivity contribution in [2.24, 2.45) is 0 Å². The number of methoxy groups -OCH3 is 3. The Bertz CT molecular complexity index is 1150. The van der Waals surface area contributed by atoms with Crippen molar-refractivity contribution in [1.82, 2.24) is 9.78 Å². The van der Waals surface area contributed by atoms with Crippen LogP contribution in [0, 0.1) is 0 Å². The Morgan fingerprint density at radius 3 is 2.35 bits per heavy atom. The van der Waals surface area contributed by atoms with E-state index in [2.05, 4.69) is 15.2 Å². The molecule has 0 bridgehead atoms. The molecule has 1 amide bonds. The Kier molecular flexibility index (Phi) is 6.66. The van der Waals surface area contributed by atoms with Gasteiger partial charge in [-0.3, -0.25) is 9.59 Å². The highest BCUT2D eigenvalue weighted by Gasteiger charge is 2.13. The van der Waals surface area contributed by atoms with Gasteiger partial charge in [-0.15, -0.1) is 0 Å². The summed E-state index contributed by atoms with van der Waals surface area (Å²) in [4.78, 5) is 36.1. The Hall–Kier alpha value is -4.14. The first-order valence-corrected chi connectivity index (χ1v) is 9.24. The zero-order valence-electron chi connectivity index (χ0n) is 17.2. The molecule has 0 radical (unpaired) electrons. The third-order valence-corrected chi connectivity index (χ3v) is 4.43. The number of rotatable bonds is 7. The average Bonchev–Trinajstić information content (AvgIpc) is 2.80. The summed E-state index contributed by atoms with van der Waals surface area (Å²) in [6.07, 6.45) is 0. The van der Waals surface area contributed by atoms with Gasteiger partial charge in [0.2, 0.25) is 5.91 Å². The van der Waals surface area contributed by atoms with Crippen LogP contribution in [-0.2, 0) is 16.1 Å². The standard InChI is InChI=1S/C22H21N3O6/c1-29-16-8-9-17(19(12-16)30-2)18-10-11-21(27)25(24-18)13-20(26)23-15-6-4-14(5-7-15)22(28)31-3/h4-12H,13H2,1-3H3,(H,23,26). The lowest BCUT2D eigenvalue weighted by atomic mass is 10.1. The molecule has 3 rings (SSSR count). The van der Waals surface area contributed by atoms with Crippen LogP contribution in [0.1, 0.15) is 10.4 Å². The van der Waals surface area contributed by atoms with Gasteiger partial charge < -0.3 is 19.5 Å². The molecule has 3 aromatic rings. The van der Waals surface area contributed by atoms with Crippen LogP contribution in [0.5, 0.6) is 11.5 Å².